The molecule has 1 aliphatic rings. The fraction of sp³-hybridized carbons (Fsp3) is 0.150. The number of amides is 1. The molecule has 0 spiro atoms. The molecule has 1 saturated heterocycles. The summed E-state index contributed by atoms with van der Waals surface area (Å²) >= 11 is 6.39. The van der Waals surface area contributed by atoms with Gasteiger partial charge in [-0.25, -0.2) is 0 Å². The first-order valence-electron chi connectivity index (χ1n) is 8.27. The highest BCUT2D eigenvalue weighted by Crippen LogP contribution is 2.34. The molecule has 2 aromatic rings. The van der Waals surface area contributed by atoms with Gasteiger partial charge in [-0.3, -0.25) is 14.5 Å². The van der Waals surface area contributed by atoms with E-state index in [2.05, 4.69) is 0 Å². The summed E-state index contributed by atoms with van der Waals surface area (Å²) in [5, 5.41) is 8.82. The van der Waals surface area contributed by atoms with Crippen molar-refractivity contribution in [1.82, 2.24) is 4.90 Å². The van der Waals surface area contributed by atoms with Crippen LogP contribution in [0.5, 0.6) is 5.75 Å². The molecule has 0 aliphatic carbocycles. The monoisotopic (exact) mass is 399 g/mol. The largest absolute Gasteiger partial charge is 0.488 e. The molecule has 1 aliphatic heterocycles. The zero-order valence-corrected chi connectivity index (χ0v) is 16.0. The molecule has 0 bridgehead atoms. The fourth-order valence-corrected chi connectivity index (χ4v) is 3.81. The van der Waals surface area contributed by atoms with E-state index in [0.29, 0.717) is 21.6 Å². The zero-order chi connectivity index (χ0) is 19.2. The van der Waals surface area contributed by atoms with E-state index in [1.54, 1.807) is 6.08 Å². The maximum atomic E-state index is 12.5. The molecule has 0 radical (unpaired) electrons. The van der Waals surface area contributed by atoms with E-state index >= 15 is 0 Å². The summed E-state index contributed by atoms with van der Waals surface area (Å²) in [5.41, 5.74) is 1.82. The van der Waals surface area contributed by atoms with Crippen LogP contribution in [0.1, 0.15) is 17.5 Å². The fourth-order valence-electron chi connectivity index (χ4n) is 2.51. The molecule has 1 heterocycles. The Balaban J connectivity index is 1.76. The van der Waals surface area contributed by atoms with Gasteiger partial charge >= 0.3 is 5.97 Å². The number of thioether (sulfide) groups is 1. The third kappa shape index (κ3) is 4.96. The summed E-state index contributed by atoms with van der Waals surface area (Å²) in [6.45, 7) is 0.495. The van der Waals surface area contributed by atoms with E-state index in [1.165, 1.54) is 16.7 Å². The first-order valence-corrected chi connectivity index (χ1v) is 9.50. The molecular formula is C20H17NO4S2. The van der Waals surface area contributed by atoms with Crippen LogP contribution in [0.2, 0.25) is 0 Å². The highest BCUT2D eigenvalue weighted by molar-refractivity contribution is 8.26. The quantitative estimate of drug-likeness (QED) is 0.562. The van der Waals surface area contributed by atoms with Crippen molar-refractivity contribution < 1.29 is 19.4 Å². The Morgan fingerprint density at radius 2 is 1.85 bits per heavy atom. The van der Waals surface area contributed by atoms with Crippen LogP contribution in [0.4, 0.5) is 0 Å². The number of rotatable bonds is 7. The number of hydrogen-bond acceptors (Lipinski definition) is 5. The van der Waals surface area contributed by atoms with Gasteiger partial charge in [-0.05, 0) is 17.7 Å². The smallest absolute Gasteiger partial charge is 0.305 e. The van der Waals surface area contributed by atoms with Crippen molar-refractivity contribution in [3.63, 3.8) is 0 Å². The highest BCUT2D eigenvalue weighted by Gasteiger charge is 2.32. The third-order valence-electron chi connectivity index (χ3n) is 3.87. The van der Waals surface area contributed by atoms with Crippen molar-refractivity contribution in [3.05, 3.63) is 70.6 Å². The lowest BCUT2D eigenvalue weighted by Gasteiger charge is -2.12. The summed E-state index contributed by atoms with van der Waals surface area (Å²) < 4.78 is 6.28. The number of hydrogen-bond donors (Lipinski definition) is 1. The summed E-state index contributed by atoms with van der Waals surface area (Å²) in [7, 11) is 0. The van der Waals surface area contributed by atoms with Crippen LogP contribution in [0, 0.1) is 0 Å². The van der Waals surface area contributed by atoms with Gasteiger partial charge in [-0.15, -0.1) is 0 Å². The van der Waals surface area contributed by atoms with E-state index in [0.717, 1.165) is 11.1 Å². The van der Waals surface area contributed by atoms with Crippen molar-refractivity contribution in [2.45, 2.75) is 13.0 Å². The van der Waals surface area contributed by atoms with Gasteiger partial charge in [0.15, 0.2) is 0 Å². The van der Waals surface area contributed by atoms with Crippen molar-refractivity contribution in [2.24, 2.45) is 0 Å². The second-order valence-corrected chi connectivity index (χ2v) is 7.46. The molecule has 1 fully saturated rings. The van der Waals surface area contributed by atoms with Crippen LogP contribution in [0.15, 0.2) is 59.5 Å². The number of thiocarbonyl (C=S) groups is 1. The molecule has 0 saturated carbocycles. The lowest BCUT2D eigenvalue weighted by atomic mass is 10.1. The van der Waals surface area contributed by atoms with Crippen LogP contribution in [-0.4, -0.2) is 32.7 Å². The number of para-hydroxylation sites is 1. The van der Waals surface area contributed by atoms with Crippen LogP contribution >= 0.6 is 24.0 Å². The van der Waals surface area contributed by atoms with Crippen molar-refractivity contribution >= 4 is 46.3 Å². The van der Waals surface area contributed by atoms with Crippen LogP contribution in [0.3, 0.4) is 0 Å². The molecule has 3 rings (SSSR count). The Morgan fingerprint density at radius 3 is 2.59 bits per heavy atom. The SMILES string of the molecule is O=C(O)CCN1C(=O)/C(=C\c2ccccc2OCc2ccccc2)SC1=S. The zero-order valence-electron chi connectivity index (χ0n) is 14.3. The number of carbonyl (C=O) groups is 2. The van der Waals surface area contributed by atoms with E-state index < -0.39 is 5.97 Å². The molecule has 2 aromatic carbocycles. The minimum atomic E-state index is -0.965. The lowest BCUT2D eigenvalue weighted by Crippen LogP contribution is -2.30. The van der Waals surface area contributed by atoms with Gasteiger partial charge in [0.2, 0.25) is 0 Å². The molecule has 27 heavy (non-hydrogen) atoms. The van der Waals surface area contributed by atoms with E-state index in [4.69, 9.17) is 22.1 Å². The first-order chi connectivity index (χ1) is 13.0. The summed E-state index contributed by atoms with van der Waals surface area (Å²) in [4.78, 5) is 25.1. The van der Waals surface area contributed by atoms with Crippen LogP contribution in [-0.2, 0) is 16.2 Å². The van der Waals surface area contributed by atoms with Crippen molar-refractivity contribution in [3.8, 4) is 5.75 Å². The number of aliphatic carboxylic acids is 1. The second kappa shape index (κ2) is 8.83. The number of carboxylic acid groups (broad SMARTS) is 1. The predicted molar refractivity (Wildman–Crippen MR) is 109 cm³/mol. The molecule has 5 nitrogen and oxygen atoms in total. The summed E-state index contributed by atoms with van der Waals surface area (Å²) in [6.07, 6.45) is 1.59. The average molecular weight is 399 g/mol. The molecule has 0 atom stereocenters. The normalized spacial score (nSPS) is 15.4. The topological polar surface area (TPSA) is 66.8 Å². The van der Waals surface area contributed by atoms with Crippen molar-refractivity contribution in [1.29, 1.82) is 0 Å². The Labute approximate surface area is 166 Å². The molecule has 0 aromatic heterocycles. The maximum Gasteiger partial charge on any atom is 0.305 e. The standard InChI is InChI=1S/C20H17NO4S2/c22-18(23)10-11-21-19(24)17(27-20(21)26)12-15-8-4-5-9-16(15)25-13-14-6-2-1-3-7-14/h1-9,12H,10-11,13H2,(H,22,23)/b17-12+. The van der Waals surface area contributed by atoms with Gasteiger partial charge < -0.3 is 9.84 Å². The molecule has 0 unspecified atom stereocenters. The number of benzene rings is 2. The Hall–Kier alpha value is -2.64. The Bertz CT molecular complexity index is 896. The minimum Gasteiger partial charge on any atom is -0.488 e. The van der Waals surface area contributed by atoms with Gasteiger partial charge in [0.25, 0.3) is 5.91 Å². The highest BCUT2D eigenvalue weighted by atomic mass is 32.2. The summed E-state index contributed by atoms with van der Waals surface area (Å²) in [5.74, 6) is -0.575. The minimum absolute atomic E-state index is 0.0729. The molecule has 1 amide bonds. The second-order valence-electron chi connectivity index (χ2n) is 5.79. The van der Waals surface area contributed by atoms with Gasteiger partial charge in [0.05, 0.1) is 11.3 Å². The average Bonchev–Trinajstić information content (AvgIpc) is 2.93. The maximum absolute atomic E-state index is 12.5. The summed E-state index contributed by atoms with van der Waals surface area (Å²) in [6, 6.07) is 17.3. The van der Waals surface area contributed by atoms with E-state index in [-0.39, 0.29) is 18.9 Å². The number of carboxylic acids is 1. The third-order valence-corrected chi connectivity index (χ3v) is 5.24. The number of carbonyl (C=O) groups excluding carboxylic acids is 1. The van der Waals surface area contributed by atoms with E-state index in [9.17, 15) is 9.59 Å². The van der Waals surface area contributed by atoms with Gasteiger partial charge in [-0.1, -0.05) is 72.5 Å². The predicted octanol–water partition coefficient (Wildman–Crippen LogP) is 3.94. The Morgan fingerprint density at radius 1 is 1.15 bits per heavy atom. The van der Waals surface area contributed by atoms with Gasteiger partial charge in [0, 0.05) is 12.1 Å². The number of ether oxygens (including phenoxy) is 1. The molecule has 7 heteroatoms. The number of nitrogens with zero attached hydrogens (tertiary/aromatic N) is 1. The van der Waals surface area contributed by atoms with Crippen LogP contribution in [0.25, 0.3) is 6.08 Å². The lowest BCUT2D eigenvalue weighted by molar-refractivity contribution is -0.137. The van der Waals surface area contributed by atoms with Crippen LogP contribution < -0.4 is 4.74 Å². The Kier molecular flexibility index (Phi) is 6.26. The molecular weight excluding hydrogens is 382 g/mol. The molecule has 1 N–H and O–H groups in total. The van der Waals surface area contributed by atoms with Crippen molar-refractivity contribution in [2.75, 3.05) is 6.54 Å². The van der Waals surface area contributed by atoms with Gasteiger partial charge in [-0.2, -0.15) is 0 Å². The van der Waals surface area contributed by atoms with Gasteiger partial charge in [0.1, 0.15) is 16.7 Å². The van der Waals surface area contributed by atoms with E-state index in [1.807, 2.05) is 54.6 Å². The first kappa shape index (κ1) is 19.1. The molecule has 138 valence electrons.